The maximum atomic E-state index is 13.6. The molecule has 2 aromatic rings. The fraction of sp³-hybridized carbons (Fsp3) is 0.474. The standard InChI is InChI=1S/C19H23F2N3O3S/c1-24-8-7-18(23-24)22-19(25)15(9-12-10-16(20)17(21)11-12)13-3-5-14(6-4-13)28(2,26)27/h3-8,12,15-17H,9-11H2,1-2H3,(H,22,23,25)/t12?,15-,16-,17+/m1/s1. The van der Waals surface area contributed by atoms with Crippen LogP contribution in [0.3, 0.4) is 0 Å². The molecular weight excluding hydrogens is 388 g/mol. The van der Waals surface area contributed by atoms with Crippen molar-refractivity contribution in [3.05, 3.63) is 42.1 Å². The smallest absolute Gasteiger partial charge is 0.233 e. The number of sulfone groups is 1. The summed E-state index contributed by atoms with van der Waals surface area (Å²) < 4.78 is 52.1. The first-order valence-electron chi connectivity index (χ1n) is 9.02. The summed E-state index contributed by atoms with van der Waals surface area (Å²) in [5.74, 6) is -0.899. The van der Waals surface area contributed by atoms with Crippen molar-refractivity contribution in [3.63, 3.8) is 0 Å². The quantitative estimate of drug-likeness (QED) is 0.792. The Morgan fingerprint density at radius 2 is 1.82 bits per heavy atom. The van der Waals surface area contributed by atoms with Gasteiger partial charge in [-0.05, 0) is 42.9 Å². The van der Waals surface area contributed by atoms with E-state index in [0.717, 1.165) is 6.26 Å². The molecule has 9 heteroatoms. The van der Waals surface area contributed by atoms with Gasteiger partial charge in [-0.25, -0.2) is 17.2 Å². The molecule has 4 atom stereocenters. The van der Waals surface area contributed by atoms with E-state index in [1.807, 2.05) is 0 Å². The number of hydrogen-bond acceptors (Lipinski definition) is 4. The fourth-order valence-corrected chi connectivity index (χ4v) is 4.22. The van der Waals surface area contributed by atoms with Gasteiger partial charge >= 0.3 is 0 Å². The zero-order valence-corrected chi connectivity index (χ0v) is 16.5. The highest BCUT2D eigenvalue weighted by Gasteiger charge is 2.37. The van der Waals surface area contributed by atoms with Crippen LogP contribution in [0.5, 0.6) is 0 Å². The van der Waals surface area contributed by atoms with Gasteiger partial charge in [0.1, 0.15) is 12.3 Å². The van der Waals surface area contributed by atoms with Crippen LogP contribution in [-0.4, -0.2) is 42.7 Å². The molecule has 1 aromatic carbocycles. The molecule has 1 amide bonds. The monoisotopic (exact) mass is 411 g/mol. The number of amides is 1. The van der Waals surface area contributed by atoms with Crippen LogP contribution in [0.25, 0.3) is 0 Å². The summed E-state index contributed by atoms with van der Waals surface area (Å²) in [4.78, 5) is 13.0. The summed E-state index contributed by atoms with van der Waals surface area (Å²) in [6, 6.07) is 7.68. The Morgan fingerprint density at radius 3 is 2.32 bits per heavy atom. The molecular formula is C19H23F2N3O3S. The molecule has 0 bridgehead atoms. The Kier molecular flexibility index (Phi) is 5.83. The normalized spacial score (nSPS) is 23.5. The van der Waals surface area contributed by atoms with E-state index in [0.29, 0.717) is 11.4 Å². The highest BCUT2D eigenvalue weighted by Crippen LogP contribution is 2.38. The molecule has 6 nitrogen and oxygen atoms in total. The van der Waals surface area contributed by atoms with Crippen molar-refractivity contribution in [3.8, 4) is 0 Å². The van der Waals surface area contributed by atoms with E-state index < -0.39 is 28.1 Å². The average molecular weight is 411 g/mol. The van der Waals surface area contributed by atoms with Gasteiger partial charge in [-0.2, -0.15) is 5.10 Å². The van der Waals surface area contributed by atoms with E-state index in [2.05, 4.69) is 10.4 Å². The summed E-state index contributed by atoms with van der Waals surface area (Å²) in [6.07, 6.45) is 0.219. The number of nitrogens with zero attached hydrogens (tertiary/aromatic N) is 2. The van der Waals surface area contributed by atoms with Gasteiger partial charge in [-0.15, -0.1) is 0 Å². The van der Waals surface area contributed by atoms with Crippen LogP contribution in [0, 0.1) is 5.92 Å². The lowest BCUT2D eigenvalue weighted by Gasteiger charge is -2.20. The number of halogens is 2. The second-order valence-electron chi connectivity index (χ2n) is 7.36. The van der Waals surface area contributed by atoms with E-state index in [-0.39, 0.29) is 36.0 Å². The van der Waals surface area contributed by atoms with Gasteiger partial charge in [-0.1, -0.05) is 12.1 Å². The summed E-state index contributed by atoms with van der Waals surface area (Å²) in [5, 5.41) is 6.84. The molecule has 1 unspecified atom stereocenters. The van der Waals surface area contributed by atoms with Gasteiger partial charge in [0, 0.05) is 25.6 Å². The predicted molar refractivity (Wildman–Crippen MR) is 101 cm³/mol. The van der Waals surface area contributed by atoms with Gasteiger partial charge in [0.15, 0.2) is 15.7 Å². The molecule has 0 radical (unpaired) electrons. The van der Waals surface area contributed by atoms with Gasteiger partial charge in [0.05, 0.1) is 10.8 Å². The number of nitrogens with one attached hydrogen (secondary N) is 1. The van der Waals surface area contributed by atoms with Crippen molar-refractivity contribution in [1.29, 1.82) is 0 Å². The maximum absolute atomic E-state index is 13.6. The number of aryl methyl sites for hydroxylation is 1. The zero-order chi connectivity index (χ0) is 20.5. The molecule has 1 saturated carbocycles. The first kappa shape index (κ1) is 20.4. The molecule has 1 aliphatic rings. The largest absolute Gasteiger partial charge is 0.309 e. The summed E-state index contributed by atoms with van der Waals surface area (Å²) in [7, 11) is -1.64. The Balaban J connectivity index is 1.84. The van der Waals surface area contributed by atoms with Crippen LogP contribution in [0.4, 0.5) is 14.6 Å². The third-order valence-corrected chi connectivity index (χ3v) is 6.20. The minimum absolute atomic E-state index is 0.0793. The third-order valence-electron chi connectivity index (χ3n) is 5.07. The summed E-state index contributed by atoms with van der Waals surface area (Å²) >= 11 is 0. The molecule has 152 valence electrons. The highest BCUT2D eigenvalue weighted by molar-refractivity contribution is 7.90. The Bertz CT molecular complexity index is 934. The van der Waals surface area contributed by atoms with Crippen LogP contribution in [0.2, 0.25) is 0 Å². The van der Waals surface area contributed by atoms with E-state index >= 15 is 0 Å². The third kappa shape index (κ3) is 4.76. The molecule has 0 saturated heterocycles. The molecule has 0 aliphatic heterocycles. The lowest BCUT2D eigenvalue weighted by Crippen LogP contribution is -2.23. The topological polar surface area (TPSA) is 81.1 Å². The Hall–Kier alpha value is -2.29. The Morgan fingerprint density at radius 1 is 1.21 bits per heavy atom. The molecule has 1 fully saturated rings. The van der Waals surface area contributed by atoms with Gasteiger partial charge in [0.25, 0.3) is 0 Å². The lowest BCUT2D eigenvalue weighted by molar-refractivity contribution is -0.118. The van der Waals surface area contributed by atoms with Crippen LogP contribution in [0.1, 0.15) is 30.7 Å². The number of benzene rings is 1. The molecule has 0 spiro atoms. The molecule has 1 heterocycles. The highest BCUT2D eigenvalue weighted by atomic mass is 32.2. The first-order valence-corrected chi connectivity index (χ1v) is 10.9. The van der Waals surface area contributed by atoms with Gasteiger partial charge in [0.2, 0.25) is 5.91 Å². The van der Waals surface area contributed by atoms with Crippen molar-refractivity contribution >= 4 is 21.6 Å². The second kappa shape index (κ2) is 7.98. The minimum Gasteiger partial charge on any atom is -0.309 e. The molecule has 1 N–H and O–H groups in total. The summed E-state index contributed by atoms with van der Waals surface area (Å²) in [5.41, 5.74) is 0.596. The molecule has 3 rings (SSSR count). The SMILES string of the molecule is Cn1ccc(NC(=O)[C@H](CC2C[C@@H](F)[C@@H](F)C2)c2ccc(S(C)(=O)=O)cc2)n1. The molecule has 28 heavy (non-hydrogen) atoms. The zero-order valence-electron chi connectivity index (χ0n) is 15.7. The minimum atomic E-state index is -3.36. The van der Waals surface area contributed by atoms with Crippen molar-refractivity contribution < 1.29 is 22.0 Å². The lowest BCUT2D eigenvalue weighted by atomic mass is 9.87. The number of carbonyl (C=O) groups excluding carboxylic acids is 1. The van der Waals surface area contributed by atoms with Crippen LogP contribution < -0.4 is 5.32 Å². The second-order valence-corrected chi connectivity index (χ2v) is 9.38. The number of alkyl halides is 2. The van der Waals surface area contributed by atoms with Crippen molar-refractivity contribution in [2.24, 2.45) is 13.0 Å². The Labute approximate surface area is 162 Å². The first-order chi connectivity index (χ1) is 13.1. The molecule has 1 aliphatic carbocycles. The maximum Gasteiger partial charge on any atom is 0.233 e. The molecule has 1 aromatic heterocycles. The van der Waals surface area contributed by atoms with Gasteiger partial charge in [-0.3, -0.25) is 9.48 Å². The summed E-state index contributed by atoms with van der Waals surface area (Å²) in [6.45, 7) is 0. The number of aromatic nitrogens is 2. The van der Waals surface area contributed by atoms with E-state index in [1.54, 1.807) is 36.1 Å². The fourth-order valence-electron chi connectivity index (χ4n) is 3.59. The average Bonchev–Trinajstić information content (AvgIpc) is 3.17. The van der Waals surface area contributed by atoms with Gasteiger partial charge < -0.3 is 5.32 Å². The number of anilines is 1. The van der Waals surface area contributed by atoms with Crippen molar-refractivity contribution in [2.45, 2.75) is 42.4 Å². The number of rotatable bonds is 6. The van der Waals surface area contributed by atoms with Crippen LogP contribution in [0.15, 0.2) is 41.4 Å². The predicted octanol–water partition coefficient (Wildman–Crippen LogP) is 3.02. The van der Waals surface area contributed by atoms with Crippen LogP contribution in [-0.2, 0) is 21.7 Å². The number of hydrogen-bond donors (Lipinski definition) is 1. The number of carbonyl (C=O) groups is 1. The van der Waals surface area contributed by atoms with Crippen molar-refractivity contribution in [1.82, 2.24) is 9.78 Å². The van der Waals surface area contributed by atoms with E-state index in [9.17, 15) is 22.0 Å². The van der Waals surface area contributed by atoms with E-state index in [1.165, 1.54) is 12.1 Å². The van der Waals surface area contributed by atoms with E-state index in [4.69, 9.17) is 0 Å². The van der Waals surface area contributed by atoms with Crippen LogP contribution >= 0.6 is 0 Å². The van der Waals surface area contributed by atoms with Crippen molar-refractivity contribution in [2.75, 3.05) is 11.6 Å².